The maximum atomic E-state index is 4.72. The van der Waals surface area contributed by atoms with Crippen LogP contribution in [0.3, 0.4) is 0 Å². The van der Waals surface area contributed by atoms with Crippen molar-refractivity contribution in [1.82, 2.24) is 24.7 Å². The molecule has 6 heteroatoms. The highest BCUT2D eigenvalue weighted by Gasteiger charge is 2.14. The Balaban J connectivity index is 1.79. The Bertz CT molecular complexity index is 798. The van der Waals surface area contributed by atoms with Gasteiger partial charge in [-0.3, -0.25) is 9.97 Å². The zero-order valence-electron chi connectivity index (χ0n) is 14.2. The van der Waals surface area contributed by atoms with Crippen LogP contribution in [0.15, 0.2) is 47.8 Å². The van der Waals surface area contributed by atoms with E-state index in [0.717, 1.165) is 40.4 Å². The van der Waals surface area contributed by atoms with Gasteiger partial charge in [0.1, 0.15) is 5.69 Å². The third-order valence-electron chi connectivity index (χ3n) is 3.70. The van der Waals surface area contributed by atoms with Crippen LogP contribution in [0.2, 0.25) is 0 Å². The van der Waals surface area contributed by atoms with Crippen molar-refractivity contribution in [3.63, 3.8) is 0 Å². The zero-order chi connectivity index (χ0) is 16.9. The fraction of sp³-hybridized carbons (Fsp3) is 0.333. The SMILES string of the molecule is CCn1c(SCc2cccc(C(C)C)n2)nnc1-c1ccccn1. The van der Waals surface area contributed by atoms with E-state index in [9.17, 15) is 0 Å². The largest absolute Gasteiger partial charge is 0.301 e. The van der Waals surface area contributed by atoms with Crippen molar-refractivity contribution in [1.29, 1.82) is 0 Å². The quantitative estimate of drug-likeness (QED) is 0.631. The van der Waals surface area contributed by atoms with Crippen LogP contribution in [0.1, 0.15) is 38.1 Å². The van der Waals surface area contributed by atoms with Crippen molar-refractivity contribution >= 4 is 11.8 Å². The Morgan fingerprint density at radius 1 is 1.08 bits per heavy atom. The Hall–Kier alpha value is -2.21. The highest BCUT2D eigenvalue weighted by atomic mass is 32.2. The summed E-state index contributed by atoms with van der Waals surface area (Å²) in [4.78, 5) is 9.09. The van der Waals surface area contributed by atoms with Crippen molar-refractivity contribution in [3.8, 4) is 11.5 Å². The van der Waals surface area contributed by atoms with Crippen molar-refractivity contribution < 1.29 is 0 Å². The molecular formula is C18H21N5S. The summed E-state index contributed by atoms with van der Waals surface area (Å²) in [5.74, 6) is 2.02. The summed E-state index contributed by atoms with van der Waals surface area (Å²) >= 11 is 1.66. The lowest BCUT2D eigenvalue weighted by Crippen LogP contribution is -2.01. The molecule has 0 spiro atoms. The van der Waals surface area contributed by atoms with Crippen molar-refractivity contribution in [2.75, 3.05) is 0 Å². The van der Waals surface area contributed by atoms with Gasteiger partial charge in [0.15, 0.2) is 11.0 Å². The van der Waals surface area contributed by atoms with E-state index >= 15 is 0 Å². The molecule has 0 amide bonds. The van der Waals surface area contributed by atoms with Crippen LogP contribution in [-0.2, 0) is 12.3 Å². The number of hydrogen-bond donors (Lipinski definition) is 0. The van der Waals surface area contributed by atoms with Crippen LogP contribution in [-0.4, -0.2) is 24.7 Å². The third kappa shape index (κ3) is 3.64. The van der Waals surface area contributed by atoms with E-state index in [0.29, 0.717) is 5.92 Å². The van der Waals surface area contributed by atoms with Crippen molar-refractivity contribution in [3.05, 3.63) is 54.0 Å². The van der Waals surface area contributed by atoms with E-state index < -0.39 is 0 Å². The summed E-state index contributed by atoms with van der Waals surface area (Å²) in [7, 11) is 0. The van der Waals surface area contributed by atoms with Crippen LogP contribution in [0.5, 0.6) is 0 Å². The first-order valence-electron chi connectivity index (χ1n) is 8.12. The third-order valence-corrected chi connectivity index (χ3v) is 4.70. The molecule has 0 aromatic carbocycles. The minimum Gasteiger partial charge on any atom is -0.301 e. The molecule has 0 radical (unpaired) electrons. The molecule has 3 aromatic heterocycles. The molecule has 0 saturated heterocycles. The first-order valence-corrected chi connectivity index (χ1v) is 9.10. The molecule has 24 heavy (non-hydrogen) atoms. The van der Waals surface area contributed by atoms with Crippen LogP contribution < -0.4 is 0 Å². The van der Waals surface area contributed by atoms with E-state index in [2.05, 4.69) is 58.7 Å². The maximum Gasteiger partial charge on any atom is 0.191 e. The lowest BCUT2D eigenvalue weighted by Gasteiger charge is -2.08. The Labute approximate surface area is 146 Å². The molecule has 0 aliphatic carbocycles. The molecule has 0 N–H and O–H groups in total. The summed E-state index contributed by atoms with van der Waals surface area (Å²) < 4.78 is 2.10. The van der Waals surface area contributed by atoms with E-state index in [1.807, 2.05) is 18.2 Å². The lowest BCUT2D eigenvalue weighted by molar-refractivity contribution is 0.685. The van der Waals surface area contributed by atoms with Gasteiger partial charge in [-0.1, -0.05) is 37.7 Å². The second-order valence-electron chi connectivity index (χ2n) is 5.76. The molecule has 0 unspecified atom stereocenters. The molecule has 0 saturated carbocycles. The minimum absolute atomic E-state index is 0.435. The van der Waals surface area contributed by atoms with E-state index in [-0.39, 0.29) is 0 Å². The van der Waals surface area contributed by atoms with Crippen LogP contribution in [0, 0.1) is 0 Å². The maximum absolute atomic E-state index is 4.72. The van der Waals surface area contributed by atoms with E-state index in [4.69, 9.17) is 4.98 Å². The average molecular weight is 339 g/mol. The van der Waals surface area contributed by atoms with E-state index in [1.54, 1.807) is 18.0 Å². The van der Waals surface area contributed by atoms with Gasteiger partial charge >= 0.3 is 0 Å². The summed E-state index contributed by atoms with van der Waals surface area (Å²) in [6.07, 6.45) is 1.78. The summed E-state index contributed by atoms with van der Waals surface area (Å²) in [6.45, 7) is 7.22. The number of rotatable bonds is 6. The summed E-state index contributed by atoms with van der Waals surface area (Å²) in [6, 6.07) is 12.0. The number of aromatic nitrogens is 5. The first kappa shape index (κ1) is 16.6. The number of hydrogen-bond acceptors (Lipinski definition) is 5. The van der Waals surface area contributed by atoms with Crippen molar-refractivity contribution in [2.24, 2.45) is 0 Å². The van der Waals surface area contributed by atoms with E-state index in [1.165, 1.54) is 0 Å². The van der Waals surface area contributed by atoms with Gasteiger partial charge in [-0.25, -0.2) is 0 Å². The number of nitrogens with zero attached hydrogens (tertiary/aromatic N) is 5. The van der Waals surface area contributed by atoms with Crippen LogP contribution in [0.4, 0.5) is 0 Å². The Kier molecular flexibility index (Phi) is 5.25. The van der Waals surface area contributed by atoms with Gasteiger partial charge in [0.2, 0.25) is 0 Å². The molecular weight excluding hydrogens is 318 g/mol. The Morgan fingerprint density at radius 2 is 1.96 bits per heavy atom. The highest BCUT2D eigenvalue weighted by molar-refractivity contribution is 7.98. The number of pyridine rings is 2. The fourth-order valence-electron chi connectivity index (χ4n) is 2.40. The summed E-state index contributed by atoms with van der Waals surface area (Å²) in [5, 5.41) is 9.57. The molecule has 0 aliphatic rings. The first-order chi connectivity index (χ1) is 11.7. The fourth-order valence-corrected chi connectivity index (χ4v) is 3.31. The molecule has 5 nitrogen and oxygen atoms in total. The molecule has 124 valence electrons. The zero-order valence-corrected chi connectivity index (χ0v) is 15.0. The topological polar surface area (TPSA) is 56.5 Å². The smallest absolute Gasteiger partial charge is 0.191 e. The molecule has 0 aliphatic heterocycles. The standard InChI is InChI=1S/C18H21N5S/c1-4-23-17(16-9-5-6-11-19-16)21-22-18(23)24-12-14-8-7-10-15(20-14)13(2)3/h5-11,13H,4,12H2,1-3H3. The predicted molar refractivity (Wildman–Crippen MR) is 96.8 cm³/mol. The molecule has 0 atom stereocenters. The van der Waals surface area contributed by atoms with Crippen LogP contribution in [0.25, 0.3) is 11.5 Å². The van der Waals surface area contributed by atoms with Crippen LogP contribution >= 0.6 is 11.8 Å². The average Bonchev–Trinajstić information content (AvgIpc) is 3.04. The molecule has 3 heterocycles. The lowest BCUT2D eigenvalue weighted by atomic mass is 10.1. The van der Waals surface area contributed by atoms with Gasteiger partial charge in [-0.2, -0.15) is 0 Å². The number of thioether (sulfide) groups is 1. The second kappa shape index (κ2) is 7.57. The molecule has 3 aromatic rings. The molecule has 0 fully saturated rings. The van der Waals surface area contributed by atoms with Gasteiger partial charge in [-0.05, 0) is 37.1 Å². The predicted octanol–water partition coefficient (Wildman–Crippen LogP) is 4.17. The molecule has 0 bridgehead atoms. The van der Waals surface area contributed by atoms with Gasteiger partial charge in [0.05, 0.1) is 5.69 Å². The Morgan fingerprint density at radius 3 is 2.67 bits per heavy atom. The van der Waals surface area contributed by atoms with Gasteiger partial charge in [0.25, 0.3) is 0 Å². The summed E-state index contributed by atoms with van der Waals surface area (Å²) in [5.41, 5.74) is 3.04. The monoisotopic (exact) mass is 339 g/mol. The molecule has 3 rings (SSSR count). The van der Waals surface area contributed by atoms with Gasteiger partial charge in [0, 0.05) is 24.2 Å². The second-order valence-corrected chi connectivity index (χ2v) is 6.71. The van der Waals surface area contributed by atoms with Gasteiger partial charge < -0.3 is 4.57 Å². The van der Waals surface area contributed by atoms with Crippen molar-refractivity contribution in [2.45, 2.75) is 44.1 Å². The minimum atomic E-state index is 0.435. The highest BCUT2D eigenvalue weighted by Crippen LogP contribution is 2.25. The van der Waals surface area contributed by atoms with Gasteiger partial charge in [-0.15, -0.1) is 10.2 Å². The normalized spacial score (nSPS) is 11.2.